The normalized spacial score (nSPS) is 10.4. The van der Waals surface area contributed by atoms with Crippen molar-refractivity contribution in [2.45, 2.75) is 26.3 Å². The molecule has 0 atom stereocenters. The van der Waals surface area contributed by atoms with E-state index in [0.29, 0.717) is 13.0 Å². The van der Waals surface area contributed by atoms with Crippen LogP contribution in [-0.2, 0) is 11.3 Å². The Bertz CT molecular complexity index is 436. The molecule has 0 spiro atoms. The number of carbonyl (C=O) groups is 1. The molecule has 112 valence electrons. The first-order chi connectivity index (χ1) is 9.54. The molecule has 0 heterocycles. The molecule has 0 unspecified atom stereocenters. The summed E-state index contributed by atoms with van der Waals surface area (Å²) in [5, 5.41) is 3.36. The van der Waals surface area contributed by atoms with Crippen molar-refractivity contribution in [3.05, 3.63) is 28.2 Å². The number of nitrogens with one attached hydrogen (secondary N) is 1. The number of amides is 1. The van der Waals surface area contributed by atoms with Gasteiger partial charge < -0.3 is 15.0 Å². The van der Waals surface area contributed by atoms with Crippen LogP contribution in [0.15, 0.2) is 22.7 Å². The lowest BCUT2D eigenvalue weighted by atomic mass is 10.2. The molecule has 0 radical (unpaired) electrons. The Kier molecular flexibility index (Phi) is 7.62. The van der Waals surface area contributed by atoms with Crippen LogP contribution in [0.4, 0.5) is 0 Å². The minimum absolute atomic E-state index is 0.0759. The average molecular weight is 343 g/mol. The van der Waals surface area contributed by atoms with E-state index in [1.54, 1.807) is 19.0 Å². The Balaban J connectivity index is 2.50. The number of nitrogens with zero attached hydrogens (tertiary/aromatic N) is 1. The van der Waals surface area contributed by atoms with E-state index in [-0.39, 0.29) is 5.91 Å². The number of benzene rings is 1. The summed E-state index contributed by atoms with van der Waals surface area (Å²) in [5.41, 5.74) is 1.16. The molecular formula is C15H23BrN2O2. The van der Waals surface area contributed by atoms with Crippen molar-refractivity contribution in [3.63, 3.8) is 0 Å². The summed E-state index contributed by atoms with van der Waals surface area (Å²) in [6.07, 6.45) is 1.51. The summed E-state index contributed by atoms with van der Waals surface area (Å²) in [6, 6.07) is 5.90. The minimum Gasteiger partial charge on any atom is -0.493 e. The van der Waals surface area contributed by atoms with Gasteiger partial charge in [0.15, 0.2) is 0 Å². The van der Waals surface area contributed by atoms with Gasteiger partial charge >= 0.3 is 0 Å². The molecule has 0 aromatic heterocycles. The number of halogens is 1. The van der Waals surface area contributed by atoms with Gasteiger partial charge in [-0.1, -0.05) is 22.9 Å². The molecule has 20 heavy (non-hydrogen) atoms. The fourth-order valence-electron chi connectivity index (χ4n) is 1.66. The van der Waals surface area contributed by atoms with Gasteiger partial charge in [0.2, 0.25) is 5.91 Å². The maximum Gasteiger partial charge on any atom is 0.225 e. The Labute approximate surface area is 129 Å². The Morgan fingerprint density at radius 1 is 1.40 bits per heavy atom. The monoisotopic (exact) mass is 342 g/mol. The van der Waals surface area contributed by atoms with Crippen molar-refractivity contribution in [3.8, 4) is 5.75 Å². The fourth-order valence-corrected chi connectivity index (χ4v) is 2.04. The maximum absolute atomic E-state index is 11.5. The maximum atomic E-state index is 11.5. The molecule has 0 fully saturated rings. The first-order valence-electron chi connectivity index (χ1n) is 6.86. The Morgan fingerprint density at radius 3 is 2.80 bits per heavy atom. The summed E-state index contributed by atoms with van der Waals surface area (Å²) in [6.45, 7) is 4.35. The predicted molar refractivity (Wildman–Crippen MR) is 84.9 cm³/mol. The van der Waals surface area contributed by atoms with Gasteiger partial charge in [0.1, 0.15) is 5.75 Å². The van der Waals surface area contributed by atoms with Crippen LogP contribution >= 0.6 is 15.9 Å². The second-order valence-corrected chi connectivity index (χ2v) is 5.67. The summed E-state index contributed by atoms with van der Waals surface area (Å²) >= 11 is 3.54. The number of rotatable bonds is 8. The zero-order valence-corrected chi connectivity index (χ0v) is 14.0. The first-order valence-corrected chi connectivity index (χ1v) is 7.66. The third kappa shape index (κ3) is 5.92. The van der Waals surface area contributed by atoms with Crippen LogP contribution in [0.1, 0.15) is 25.3 Å². The van der Waals surface area contributed by atoms with E-state index < -0.39 is 0 Å². The molecule has 0 aliphatic heterocycles. The van der Waals surface area contributed by atoms with Gasteiger partial charge in [0, 0.05) is 25.1 Å². The Morgan fingerprint density at radius 2 is 2.15 bits per heavy atom. The molecule has 0 saturated heterocycles. The summed E-state index contributed by atoms with van der Waals surface area (Å²) in [4.78, 5) is 13.0. The van der Waals surface area contributed by atoms with Gasteiger partial charge in [-0.15, -0.1) is 0 Å². The van der Waals surface area contributed by atoms with Gasteiger partial charge in [-0.2, -0.15) is 0 Å². The molecule has 5 heteroatoms. The molecule has 1 aromatic carbocycles. The smallest absolute Gasteiger partial charge is 0.225 e. The lowest BCUT2D eigenvalue weighted by molar-refractivity contribution is -0.129. The van der Waals surface area contributed by atoms with Crippen LogP contribution in [0, 0.1) is 0 Å². The van der Waals surface area contributed by atoms with Gasteiger partial charge in [0.25, 0.3) is 0 Å². The molecule has 0 aliphatic rings. The number of ether oxygens (including phenoxy) is 1. The number of hydrogen-bond acceptors (Lipinski definition) is 3. The zero-order valence-electron chi connectivity index (χ0n) is 12.4. The Hall–Kier alpha value is -1.07. The van der Waals surface area contributed by atoms with Gasteiger partial charge in [-0.3, -0.25) is 4.79 Å². The van der Waals surface area contributed by atoms with Crippen molar-refractivity contribution in [1.29, 1.82) is 0 Å². The predicted octanol–water partition coefficient (Wildman–Crippen LogP) is 2.81. The van der Waals surface area contributed by atoms with Gasteiger partial charge in [0.05, 0.1) is 13.0 Å². The molecule has 1 rings (SSSR count). The molecular weight excluding hydrogens is 320 g/mol. The summed E-state index contributed by atoms with van der Waals surface area (Å²) < 4.78 is 6.70. The lowest BCUT2D eigenvalue weighted by Gasteiger charge is -2.12. The van der Waals surface area contributed by atoms with E-state index in [4.69, 9.17) is 4.74 Å². The average Bonchev–Trinajstić information content (AvgIpc) is 2.42. The second kappa shape index (κ2) is 8.97. The van der Waals surface area contributed by atoms with Crippen LogP contribution in [0.5, 0.6) is 5.75 Å². The van der Waals surface area contributed by atoms with Crippen molar-refractivity contribution in [2.75, 3.05) is 27.2 Å². The van der Waals surface area contributed by atoms with E-state index in [1.165, 1.54) is 0 Å². The topological polar surface area (TPSA) is 41.6 Å². The minimum atomic E-state index is 0.0759. The highest BCUT2D eigenvalue weighted by molar-refractivity contribution is 9.10. The van der Waals surface area contributed by atoms with E-state index in [9.17, 15) is 4.79 Å². The van der Waals surface area contributed by atoms with Gasteiger partial charge in [-0.05, 0) is 36.7 Å². The summed E-state index contributed by atoms with van der Waals surface area (Å²) in [5.74, 6) is 0.875. The molecule has 0 aliphatic carbocycles. The number of hydrogen-bond donors (Lipinski definition) is 1. The highest BCUT2D eigenvalue weighted by Gasteiger charge is 2.06. The largest absolute Gasteiger partial charge is 0.493 e. The fraction of sp³-hybridized carbons (Fsp3) is 0.533. The van der Waals surface area contributed by atoms with Crippen molar-refractivity contribution >= 4 is 21.8 Å². The van der Waals surface area contributed by atoms with Crippen LogP contribution in [0.25, 0.3) is 0 Å². The third-order valence-corrected chi connectivity index (χ3v) is 3.62. The molecule has 0 bridgehead atoms. The van der Waals surface area contributed by atoms with E-state index in [0.717, 1.165) is 35.3 Å². The van der Waals surface area contributed by atoms with Crippen LogP contribution < -0.4 is 10.1 Å². The van der Waals surface area contributed by atoms with Crippen molar-refractivity contribution < 1.29 is 9.53 Å². The summed E-state index contributed by atoms with van der Waals surface area (Å²) in [7, 11) is 3.50. The molecule has 1 aromatic rings. The van der Waals surface area contributed by atoms with Crippen LogP contribution in [0.3, 0.4) is 0 Å². The number of carbonyl (C=O) groups excluding carboxylic acids is 1. The third-order valence-electron chi connectivity index (χ3n) is 2.84. The van der Waals surface area contributed by atoms with E-state index >= 15 is 0 Å². The standard InChI is InChI=1S/C15H23BrN2O2/c1-4-8-17-11-12-10-13(5-6-14(12)16)20-9-7-15(19)18(2)3/h5-6,10,17H,4,7-9,11H2,1-3H3. The van der Waals surface area contributed by atoms with Crippen LogP contribution in [-0.4, -0.2) is 38.1 Å². The van der Waals surface area contributed by atoms with E-state index in [1.807, 2.05) is 18.2 Å². The van der Waals surface area contributed by atoms with Crippen molar-refractivity contribution in [1.82, 2.24) is 10.2 Å². The lowest BCUT2D eigenvalue weighted by Crippen LogP contribution is -2.23. The quantitative estimate of drug-likeness (QED) is 0.738. The molecule has 1 N–H and O–H groups in total. The van der Waals surface area contributed by atoms with Crippen molar-refractivity contribution in [2.24, 2.45) is 0 Å². The van der Waals surface area contributed by atoms with E-state index in [2.05, 4.69) is 28.2 Å². The zero-order chi connectivity index (χ0) is 15.0. The second-order valence-electron chi connectivity index (χ2n) is 4.82. The first kappa shape index (κ1) is 17.0. The molecule has 1 amide bonds. The highest BCUT2D eigenvalue weighted by atomic mass is 79.9. The highest BCUT2D eigenvalue weighted by Crippen LogP contribution is 2.22. The molecule has 4 nitrogen and oxygen atoms in total. The van der Waals surface area contributed by atoms with Gasteiger partial charge in [-0.25, -0.2) is 0 Å². The van der Waals surface area contributed by atoms with Crippen LogP contribution in [0.2, 0.25) is 0 Å². The molecule has 0 saturated carbocycles. The SMILES string of the molecule is CCCNCc1cc(OCCC(=O)N(C)C)ccc1Br.